The normalized spacial score (nSPS) is 20.1. The number of carbonyl (C=O) groups is 1. The summed E-state index contributed by atoms with van der Waals surface area (Å²) in [5.74, 6) is -1.24. The number of anilines is 1. The van der Waals surface area contributed by atoms with Crippen LogP contribution in [0.5, 0.6) is 0 Å². The summed E-state index contributed by atoms with van der Waals surface area (Å²) < 4.78 is 36.0. The van der Waals surface area contributed by atoms with E-state index in [-0.39, 0.29) is 33.2 Å². The van der Waals surface area contributed by atoms with Crippen LogP contribution in [0, 0.1) is 22.6 Å². The zero-order chi connectivity index (χ0) is 16.2. The summed E-state index contributed by atoms with van der Waals surface area (Å²) in [7, 11) is -4.03. The van der Waals surface area contributed by atoms with Crippen LogP contribution in [0.2, 0.25) is 0 Å². The number of hydrogen-bond acceptors (Lipinski definition) is 3. The van der Waals surface area contributed by atoms with Gasteiger partial charge in [-0.05, 0) is 29.0 Å². The van der Waals surface area contributed by atoms with Gasteiger partial charge in [0.25, 0.3) is 0 Å². The van der Waals surface area contributed by atoms with E-state index in [1.165, 1.54) is 0 Å². The third-order valence-electron chi connectivity index (χ3n) is 4.75. The first-order chi connectivity index (χ1) is 9.37. The average molecular weight is 314 g/mol. The fourth-order valence-corrected chi connectivity index (χ4v) is 3.43. The number of nitrogens with two attached hydrogens (primary N) is 1. The molecule has 116 valence electrons. The van der Waals surface area contributed by atoms with Crippen molar-refractivity contribution in [1.82, 2.24) is 0 Å². The molecule has 0 heterocycles. The van der Waals surface area contributed by atoms with Gasteiger partial charge in [0.15, 0.2) is 0 Å². The number of halogens is 1. The Hall–Kier alpha value is -1.47. The first-order valence-corrected chi connectivity index (χ1v) is 8.06. The standard InChI is InChI=1S/C14H19FN2O3S/c1-13(2)11(14(13,3)4)12(18)17-9-5-8(15)6-10(7-9)21(16,19)20/h5-7,11H,1-4H3,(H,17,18)(H2,16,19,20). The Labute approximate surface area is 123 Å². The maximum Gasteiger partial charge on any atom is 0.238 e. The predicted octanol–water partition coefficient (Wildman–Crippen LogP) is 2.09. The molecule has 2 rings (SSSR count). The molecular weight excluding hydrogens is 295 g/mol. The lowest BCUT2D eigenvalue weighted by atomic mass is 10.0. The summed E-state index contributed by atoms with van der Waals surface area (Å²) in [6.45, 7) is 7.94. The molecular formula is C14H19FN2O3S. The van der Waals surface area contributed by atoms with Crippen LogP contribution in [-0.4, -0.2) is 14.3 Å². The molecule has 1 saturated carbocycles. The molecule has 0 radical (unpaired) electrons. The van der Waals surface area contributed by atoms with Crippen LogP contribution in [-0.2, 0) is 14.8 Å². The van der Waals surface area contributed by atoms with Gasteiger partial charge >= 0.3 is 0 Å². The van der Waals surface area contributed by atoms with Gasteiger partial charge in [-0.3, -0.25) is 4.79 Å². The van der Waals surface area contributed by atoms with E-state index < -0.39 is 15.8 Å². The van der Waals surface area contributed by atoms with Crippen LogP contribution in [0.15, 0.2) is 23.1 Å². The van der Waals surface area contributed by atoms with Crippen molar-refractivity contribution in [2.24, 2.45) is 21.9 Å². The number of hydrogen-bond donors (Lipinski definition) is 2. The molecule has 1 aromatic rings. The first kappa shape index (κ1) is 15.9. The predicted molar refractivity (Wildman–Crippen MR) is 77.5 cm³/mol. The fraction of sp³-hybridized carbons (Fsp3) is 0.500. The molecule has 1 aliphatic rings. The highest BCUT2D eigenvalue weighted by Gasteiger charge is 2.68. The molecule has 1 fully saturated rings. The Kier molecular flexibility index (Phi) is 3.42. The number of primary sulfonamides is 1. The number of carbonyl (C=O) groups excluding carboxylic acids is 1. The van der Waals surface area contributed by atoms with Crippen molar-refractivity contribution in [2.75, 3.05) is 5.32 Å². The van der Waals surface area contributed by atoms with Crippen LogP contribution in [0.4, 0.5) is 10.1 Å². The highest BCUT2D eigenvalue weighted by atomic mass is 32.2. The summed E-state index contributed by atoms with van der Waals surface area (Å²) in [5, 5.41) is 7.55. The van der Waals surface area contributed by atoms with Crippen molar-refractivity contribution in [2.45, 2.75) is 32.6 Å². The number of sulfonamides is 1. The lowest BCUT2D eigenvalue weighted by molar-refractivity contribution is -0.118. The van der Waals surface area contributed by atoms with Crippen LogP contribution < -0.4 is 10.5 Å². The summed E-state index contributed by atoms with van der Waals surface area (Å²) in [5.41, 5.74) is -0.233. The summed E-state index contributed by atoms with van der Waals surface area (Å²) >= 11 is 0. The van der Waals surface area contributed by atoms with Gasteiger partial charge in [-0.2, -0.15) is 0 Å². The van der Waals surface area contributed by atoms with Crippen LogP contribution >= 0.6 is 0 Å². The quantitative estimate of drug-likeness (QED) is 0.895. The van der Waals surface area contributed by atoms with Crippen LogP contribution in [0.3, 0.4) is 0 Å². The molecule has 1 amide bonds. The minimum absolute atomic E-state index is 0.0857. The van der Waals surface area contributed by atoms with Gasteiger partial charge < -0.3 is 5.32 Å². The highest BCUT2D eigenvalue weighted by Crippen LogP contribution is 2.68. The van der Waals surface area contributed by atoms with E-state index in [4.69, 9.17) is 5.14 Å². The molecule has 7 heteroatoms. The molecule has 0 bridgehead atoms. The molecule has 0 saturated heterocycles. The van der Waals surface area contributed by atoms with Crippen molar-refractivity contribution in [3.8, 4) is 0 Å². The molecule has 1 aromatic carbocycles. The molecule has 3 N–H and O–H groups in total. The Morgan fingerprint density at radius 3 is 2.14 bits per heavy atom. The van der Waals surface area contributed by atoms with Gasteiger partial charge in [-0.25, -0.2) is 17.9 Å². The summed E-state index contributed by atoms with van der Waals surface area (Å²) in [6, 6.07) is 3.03. The van der Waals surface area contributed by atoms with Crippen molar-refractivity contribution in [1.29, 1.82) is 0 Å². The van der Waals surface area contributed by atoms with Crippen LogP contribution in [0.1, 0.15) is 27.7 Å². The van der Waals surface area contributed by atoms with Gasteiger partial charge in [0.05, 0.1) is 4.90 Å². The number of benzene rings is 1. The van der Waals surface area contributed by atoms with Gasteiger partial charge in [0.1, 0.15) is 5.82 Å². The van der Waals surface area contributed by atoms with Gasteiger partial charge in [0.2, 0.25) is 15.9 Å². The number of amides is 1. The van der Waals surface area contributed by atoms with Crippen molar-refractivity contribution >= 4 is 21.6 Å². The molecule has 5 nitrogen and oxygen atoms in total. The minimum Gasteiger partial charge on any atom is -0.326 e. The van der Waals surface area contributed by atoms with E-state index in [1.807, 2.05) is 27.7 Å². The maximum atomic E-state index is 13.5. The SMILES string of the molecule is CC1(C)C(C(=O)Nc2cc(F)cc(S(N)(=O)=O)c2)C1(C)C. The molecule has 21 heavy (non-hydrogen) atoms. The third-order valence-corrected chi connectivity index (χ3v) is 5.64. The maximum absolute atomic E-state index is 13.5. The lowest BCUT2D eigenvalue weighted by Crippen LogP contribution is -2.19. The monoisotopic (exact) mass is 314 g/mol. The molecule has 1 aliphatic carbocycles. The second-order valence-corrected chi connectivity index (χ2v) is 8.15. The Morgan fingerprint density at radius 2 is 1.71 bits per heavy atom. The van der Waals surface area contributed by atoms with Gasteiger partial charge in [-0.1, -0.05) is 27.7 Å². The summed E-state index contributed by atoms with van der Waals surface area (Å²) in [6.07, 6.45) is 0. The zero-order valence-corrected chi connectivity index (χ0v) is 13.2. The number of rotatable bonds is 3. The van der Waals surface area contributed by atoms with Gasteiger partial charge in [-0.15, -0.1) is 0 Å². The lowest BCUT2D eigenvalue weighted by Gasteiger charge is -2.08. The van der Waals surface area contributed by atoms with E-state index in [2.05, 4.69) is 5.32 Å². The van der Waals surface area contributed by atoms with Crippen molar-refractivity contribution < 1.29 is 17.6 Å². The Balaban J connectivity index is 2.26. The summed E-state index contributed by atoms with van der Waals surface area (Å²) in [4.78, 5) is 11.9. The first-order valence-electron chi connectivity index (χ1n) is 6.51. The van der Waals surface area contributed by atoms with E-state index >= 15 is 0 Å². The van der Waals surface area contributed by atoms with Crippen LogP contribution in [0.25, 0.3) is 0 Å². The van der Waals surface area contributed by atoms with E-state index in [9.17, 15) is 17.6 Å². The molecule has 0 aromatic heterocycles. The van der Waals surface area contributed by atoms with Gasteiger partial charge in [0, 0.05) is 11.6 Å². The number of nitrogens with one attached hydrogen (secondary N) is 1. The topological polar surface area (TPSA) is 89.3 Å². The Morgan fingerprint density at radius 1 is 1.19 bits per heavy atom. The molecule has 0 aliphatic heterocycles. The third kappa shape index (κ3) is 2.67. The fourth-order valence-electron chi connectivity index (χ4n) is 2.87. The second kappa shape index (κ2) is 4.51. The molecule has 0 unspecified atom stereocenters. The van der Waals surface area contributed by atoms with E-state index in [0.29, 0.717) is 0 Å². The van der Waals surface area contributed by atoms with Crippen molar-refractivity contribution in [3.63, 3.8) is 0 Å². The Bertz CT molecular complexity index is 697. The zero-order valence-electron chi connectivity index (χ0n) is 12.4. The molecule has 0 atom stereocenters. The highest BCUT2D eigenvalue weighted by molar-refractivity contribution is 7.89. The van der Waals surface area contributed by atoms with E-state index in [0.717, 1.165) is 18.2 Å². The average Bonchev–Trinajstić information content (AvgIpc) is 2.66. The van der Waals surface area contributed by atoms with Crippen molar-refractivity contribution in [3.05, 3.63) is 24.0 Å². The smallest absolute Gasteiger partial charge is 0.238 e. The van der Waals surface area contributed by atoms with E-state index in [1.54, 1.807) is 0 Å². The minimum atomic E-state index is -4.03. The largest absolute Gasteiger partial charge is 0.326 e. The molecule has 0 spiro atoms. The second-order valence-electron chi connectivity index (χ2n) is 6.59.